The van der Waals surface area contributed by atoms with Gasteiger partial charge in [-0.15, -0.1) is 0 Å². The molecule has 0 spiro atoms. The third kappa shape index (κ3) is 2.69. The summed E-state index contributed by atoms with van der Waals surface area (Å²) >= 11 is 6.12. The van der Waals surface area contributed by atoms with E-state index in [4.69, 9.17) is 22.1 Å². The van der Waals surface area contributed by atoms with Gasteiger partial charge in [0.2, 0.25) is 0 Å². The van der Waals surface area contributed by atoms with Gasteiger partial charge < -0.3 is 4.90 Å². The van der Waals surface area contributed by atoms with Crippen LogP contribution in [0.5, 0.6) is 0 Å². The minimum absolute atomic E-state index is 0.124. The summed E-state index contributed by atoms with van der Waals surface area (Å²) in [5.74, 6) is -0.485. The van der Waals surface area contributed by atoms with Crippen molar-refractivity contribution >= 4 is 28.4 Å². The predicted molar refractivity (Wildman–Crippen MR) is 73.9 cm³/mol. The van der Waals surface area contributed by atoms with Crippen LogP contribution in [-0.2, 0) is 0 Å². The Morgan fingerprint density at radius 1 is 1.25 bits per heavy atom. The Labute approximate surface area is 120 Å². The number of carbonyl (C=O) groups excluding carboxylic acids is 1. The van der Waals surface area contributed by atoms with Gasteiger partial charge in [-0.25, -0.2) is 4.98 Å². The van der Waals surface area contributed by atoms with E-state index in [0.29, 0.717) is 10.5 Å². The Bertz CT molecular complexity index is 729. The van der Waals surface area contributed by atoms with Gasteiger partial charge in [0.05, 0.1) is 22.7 Å². The second-order valence-corrected chi connectivity index (χ2v) is 4.39. The Morgan fingerprint density at radius 2 is 1.90 bits per heavy atom. The molecule has 1 aromatic heterocycles. The van der Waals surface area contributed by atoms with Crippen molar-refractivity contribution < 1.29 is 4.79 Å². The number of halogens is 1. The molecule has 1 aromatic carbocycles. The fourth-order valence-electron chi connectivity index (χ4n) is 1.77. The summed E-state index contributed by atoms with van der Waals surface area (Å²) in [6.45, 7) is -0.336. The highest BCUT2D eigenvalue weighted by molar-refractivity contribution is 6.35. The van der Waals surface area contributed by atoms with Crippen LogP contribution in [0.2, 0.25) is 5.02 Å². The van der Waals surface area contributed by atoms with Crippen LogP contribution in [-0.4, -0.2) is 28.9 Å². The normalized spacial score (nSPS) is 9.75. The van der Waals surface area contributed by atoms with Crippen LogP contribution in [0.15, 0.2) is 30.3 Å². The SMILES string of the molecule is N#CCN(CC#N)C(=O)c1cc(Cl)c2ccccc2n1. The molecule has 0 aliphatic heterocycles. The fraction of sp³-hybridized carbons (Fsp3) is 0.143. The van der Waals surface area contributed by atoms with E-state index >= 15 is 0 Å². The second-order valence-electron chi connectivity index (χ2n) is 3.98. The molecule has 0 bridgehead atoms. The number of aromatic nitrogens is 1. The van der Waals surface area contributed by atoms with Crippen LogP contribution < -0.4 is 0 Å². The summed E-state index contributed by atoms with van der Waals surface area (Å²) in [7, 11) is 0. The first-order chi connectivity index (χ1) is 9.67. The van der Waals surface area contributed by atoms with Crippen molar-refractivity contribution in [1.82, 2.24) is 9.88 Å². The van der Waals surface area contributed by atoms with E-state index in [0.717, 1.165) is 10.3 Å². The molecule has 0 radical (unpaired) electrons. The van der Waals surface area contributed by atoms with Crippen LogP contribution in [0.4, 0.5) is 0 Å². The monoisotopic (exact) mass is 284 g/mol. The number of amides is 1. The van der Waals surface area contributed by atoms with Crippen LogP contribution >= 0.6 is 11.6 Å². The standard InChI is InChI=1S/C14H9ClN4O/c15-11-9-13(14(20)19(7-5-16)8-6-17)18-12-4-2-1-3-10(11)12/h1-4,9H,7-8H2. The molecule has 0 saturated heterocycles. The Hall–Kier alpha value is -2.63. The Morgan fingerprint density at radius 3 is 2.55 bits per heavy atom. The van der Waals surface area contributed by atoms with E-state index in [1.807, 2.05) is 18.2 Å². The highest BCUT2D eigenvalue weighted by atomic mass is 35.5. The number of pyridine rings is 1. The first-order valence-electron chi connectivity index (χ1n) is 5.76. The first-order valence-corrected chi connectivity index (χ1v) is 6.13. The molecule has 0 N–H and O–H groups in total. The minimum Gasteiger partial charge on any atom is -0.311 e. The van der Waals surface area contributed by atoms with Crippen LogP contribution in [0, 0.1) is 22.7 Å². The average Bonchev–Trinajstić information content (AvgIpc) is 2.46. The minimum atomic E-state index is -0.485. The lowest BCUT2D eigenvalue weighted by Gasteiger charge is -2.15. The molecule has 0 unspecified atom stereocenters. The molecular weight excluding hydrogens is 276 g/mol. The van der Waals surface area contributed by atoms with E-state index in [2.05, 4.69) is 4.98 Å². The van der Waals surface area contributed by atoms with E-state index in [1.165, 1.54) is 6.07 Å². The van der Waals surface area contributed by atoms with Gasteiger partial charge in [-0.2, -0.15) is 10.5 Å². The van der Waals surface area contributed by atoms with Gasteiger partial charge in [0.15, 0.2) is 0 Å². The lowest BCUT2D eigenvalue weighted by Crippen LogP contribution is -2.32. The highest BCUT2D eigenvalue weighted by Gasteiger charge is 2.18. The summed E-state index contributed by atoms with van der Waals surface area (Å²) in [5.41, 5.74) is 0.719. The van der Waals surface area contributed by atoms with Gasteiger partial charge in [-0.3, -0.25) is 4.79 Å². The van der Waals surface area contributed by atoms with Crippen molar-refractivity contribution in [3.63, 3.8) is 0 Å². The molecule has 20 heavy (non-hydrogen) atoms. The maximum Gasteiger partial charge on any atom is 0.274 e. The average molecular weight is 285 g/mol. The van der Waals surface area contributed by atoms with Crippen molar-refractivity contribution in [1.29, 1.82) is 10.5 Å². The van der Waals surface area contributed by atoms with E-state index < -0.39 is 5.91 Å². The van der Waals surface area contributed by atoms with Crippen molar-refractivity contribution in [3.05, 3.63) is 41.0 Å². The summed E-state index contributed by atoms with van der Waals surface area (Å²) < 4.78 is 0. The van der Waals surface area contributed by atoms with Crippen molar-refractivity contribution in [2.45, 2.75) is 0 Å². The van der Waals surface area contributed by atoms with Crippen molar-refractivity contribution in [2.24, 2.45) is 0 Å². The van der Waals surface area contributed by atoms with Crippen LogP contribution in [0.25, 0.3) is 10.9 Å². The number of nitrogens with zero attached hydrogens (tertiary/aromatic N) is 4. The van der Waals surface area contributed by atoms with Crippen LogP contribution in [0.3, 0.4) is 0 Å². The molecule has 1 amide bonds. The highest BCUT2D eigenvalue weighted by Crippen LogP contribution is 2.23. The molecule has 0 saturated carbocycles. The van der Waals surface area contributed by atoms with E-state index in [1.54, 1.807) is 18.2 Å². The summed E-state index contributed by atoms with van der Waals surface area (Å²) in [5, 5.41) is 18.5. The smallest absolute Gasteiger partial charge is 0.274 e. The summed E-state index contributed by atoms with van der Waals surface area (Å²) in [6, 6.07) is 12.3. The van der Waals surface area contributed by atoms with Gasteiger partial charge >= 0.3 is 0 Å². The topological polar surface area (TPSA) is 80.8 Å². The van der Waals surface area contributed by atoms with Crippen LogP contribution in [0.1, 0.15) is 10.5 Å². The maximum absolute atomic E-state index is 12.2. The molecule has 2 rings (SSSR count). The molecule has 2 aromatic rings. The number of benzene rings is 1. The lowest BCUT2D eigenvalue weighted by atomic mass is 10.2. The first kappa shape index (κ1) is 13.8. The molecule has 0 atom stereocenters. The molecule has 0 aliphatic carbocycles. The molecule has 6 heteroatoms. The zero-order valence-electron chi connectivity index (χ0n) is 10.4. The van der Waals surface area contributed by atoms with Crippen molar-refractivity contribution in [2.75, 3.05) is 13.1 Å². The number of hydrogen-bond acceptors (Lipinski definition) is 4. The third-order valence-corrected chi connectivity index (χ3v) is 3.01. The summed E-state index contributed by atoms with van der Waals surface area (Å²) in [4.78, 5) is 17.6. The molecule has 1 heterocycles. The van der Waals surface area contributed by atoms with Gasteiger partial charge in [0, 0.05) is 5.39 Å². The molecule has 5 nitrogen and oxygen atoms in total. The van der Waals surface area contributed by atoms with E-state index in [9.17, 15) is 4.79 Å². The molecule has 98 valence electrons. The number of hydrogen-bond donors (Lipinski definition) is 0. The molecule has 0 aliphatic rings. The molecule has 0 fully saturated rings. The van der Waals surface area contributed by atoms with Gasteiger partial charge in [0.1, 0.15) is 18.8 Å². The largest absolute Gasteiger partial charge is 0.311 e. The predicted octanol–water partition coefficient (Wildman–Crippen LogP) is 2.38. The Balaban J connectivity index is 2.45. The lowest BCUT2D eigenvalue weighted by molar-refractivity contribution is 0.0789. The number of rotatable bonds is 3. The van der Waals surface area contributed by atoms with Gasteiger partial charge in [0.25, 0.3) is 5.91 Å². The van der Waals surface area contributed by atoms with Gasteiger partial charge in [-0.05, 0) is 12.1 Å². The number of para-hydroxylation sites is 1. The number of fused-ring (bicyclic) bond motifs is 1. The Kier molecular flexibility index (Phi) is 4.14. The van der Waals surface area contributed by atoms with E-state index in [-0.39, 0.29) is 18.8 Å². The quantitative estimate of drug-likeness (QED) is 0.810. The maximum atomic E-state index is 12.2. The molecular formula is C14H9ClN4O. The summed E-state index contributed by atoms with van der Waals surface area (Å²) in [6.07, 6.45) is 0. The van der Waals surface area contributed by atoms with Crippen molar-refractivity contribution in [3.8, 4) is 12.1 Å². The number of carbonyl (C=O) groups is 1. The second kappa shape index (κ2) is 6.01. The fourth-order valence-corrected chi connectivity index (χ4v) is 2.04. The zero-order valence-corrected chi connectivity index (χ0v) is 11.1. The zero-order chi connectivity index (χ0) is 14.5. The third-order valence-electron chi connectivity index (χ3n) is 2.70. The van der Waals surface area contributed by atoms with Gasteiger partial charge in [-0.1, -0.05) is 29.8 Å². The number of nitriles is 2.